The van der Waals surface area contributed by atoms with Gasteiger partial charge in [0, 0.05) is 39.5 Å². The first-order valence-electron chi connectivity index (χ1n) is 9.26. The molecule has 0 fully saturated rings. The van der Waals surface area contributed by atoms with Gasteiger partial charge in [-0.15, -0.1) is 25.3 Å². The monoisotopic (exact) mass is 431 g/mol. The van der Waals surface area contributed by atoms with Gasteiger partial charge in [0.25, 0.3) is 5.56 Å². The molecule has 0 saturated carbocycles. The first-order valence-corrected chi connectivity index (χ1v) is 10.2. The average Bonchev–Trinajstić information content (AvgIpc) is 2.73. The van der Waals surface area contributed by atoms with Crippen molar-refractivity contribution >= 4 is 59.0 Å². The van der Waals surface area contributed by atoms with Crippen LogP contribution in [0, 0.1) is 0 Å². The third-order valence-electron chi connectivity index (χ3n) is 5.52. The number of benzene rings is 3. The van der Waals surface area contributed by atoms with Crippen molar-refractivity contribution < 1.29 is 4.79 Å². The Balaban J connectivity index is 1.83. The molecule has 5 rings (SSSR count). The van der Waals surface area contributed by atoms with Gasteiger partial charge in [-0.05, 0) is 35.4 Å². The van der Waals surface area contributed by atoms with Crippen LogP contribution in [0.5, 0.6) is 0 Å². The van der Waals surface area contributed by atoms with Gasteiger partial charge in [0.15, 0.2) is 5.78 Å². The maximum atomic E-state index is 13.5. The number of hydrogen-bond donors (Lipinski definition) is 4. The molecule has 0 bridgehead atoms. The van der Waals surface area contributed by atoms with Gasteiger partial charge in [-0.2, -0.15) is 0 Å². The number of nitrogens with two attached hydrogens (primary N) is 1. The van der Waals surface area contributed by atoms with Crippen LogP contribution >= 0.6 is 25.3 Å². The van der Waals surface area contributed by atoms with Gasteiger partial charge < -0.3 is 15.6 Å². The van der Waals surface area contributed by atoms with E-state index in [0.717, 1.165) is 16.5 Å². The Morgan fingerprint density at radius 3 is 2.37 bits per heavy atom. The molecular formula is C23H17N3O2S2. The van der Waals surface area contributed by atoms with Crippen molar-refractivity contribution in [1.29, 1.82) is 0 Å². The lowest BCUT2D eigenvalue weighted by molar-refractivity contribution is 0.104. The molecule has 0 atom stereocenters. The Morgan fingerprint density at radius 2 is 1.60 bits per heavy atom. The fourth-order valence-corrected chi connectivity index (χ4v) is 4.54. The highest BCUT2D eigenvalue weighted by Gasteiger charge is 2.29. The minimum absolute atomic E-state index is 0.0932. The minimum atomic E-state index is -0.122. The predicted molar refractivity (Wildman–Crippen MR) is 127 cm³/mol. The lowest BCUT2D eigenvalue weighted by atomic mass is 9.83. The van der Waals surface area contributed by atoms with Crippen molar-refractivity contribution in [3.63, 3.8) is 0 Å². The van der Waals surface area contributed by atoms with E-state index in [-0.39, 0.29) is 11.3 Å². The fraction of sp³-hybridized carbons (Fsp3) is 0.0435. The van der Waals surface area contributed by atoms with Gasteiger partial charge in [0.05, 0.1) is 22.5 Å². The second-order valence-electron chi connectivity index (χ2n) is 7.27. The van der Waals surface area contributed by atoms with Crippen molar-refractivity contribution in [3.05, 3.63) is 76.1 Å². The predicted octanol–water partition coefficient (Wildman–Crippen LogP) is 4.65. The first kappa shape index (κ1) is 18.8. The molecule has 1 heterocycles. The first-order chi connectivity index (χ1) is 14.4. The molecule has 4 aromatic rings. The van der Waals surface area contributed by atoms with Gasteiger partial charge in [0.1, 0.15) is 0 Å². The fourth-order valence-electron chi connectivity index (χ4n) is 4.00. The summed E-state index contributed by atoms with van der Waals surface area (Å²) in [5.41, 5.74) is 11.0. The van der Waals surface area contributed by atoms with E-state index in [9.17, 15) is 9.59 Å². The Morgan fingerprint density at radius 1 is 0.867 bits per heavy atom. The van der Waals surface area contributed by atoms with E-state index < -0.39 is 0 Å². The lowest BCUT2D eigenvalue weighted by Crippen LogP contribution is -2.21. The summed E-state index contributed by atoms with van der Waals surface area (Å²) in [5.74, 6) is -0.0932. The molecule has 0 radical (unpaired) electrons. The van der Waals surface area contributed by atoms with Crippen molar-refractivity contribution in [1.82, 2.24) is 4.57 Å². The molecule has 3 N–H and O–H groups in total. The summed E-state index contributed by atoms with van der Waals surface area (Å²) in [4.78, 5) is 27.4. The number of hydrogen-bond acceptors (Lipinski definition) is 6. The number of pyridine rings is 1. The van der Waals surface area contributed by atoms with Gasteiger partial charge in [-0.25, -0.2) is 0 Å². The number of rotatable bonds is 2. The van der Waals surface area contributed by atoms with E-state index in [0.29, 0.717) is 43.5 Å². The topological polar surface area (TPSA) is 77.1 Å². The van der Waals surface area contributed by atoms with Crippen LogP contribution in [0.3, 0.4) is 0 Å². The van der Waals surface area contributed by atoms with E-state index in [1.807, 2.05) is 30.3 Å². The summed E-state index contributed by atoms with van der Waals surface area (Å²) in [6.45, 7) is 0. The van der Waals surface area contributed by atoms with E-state index in [4.69, 9.17) is 5.73 Å². The number of nitrogens with zero attached hydrogens (tertiary/aromatic N) is 1. The average molecular weight is 432 g/mol. The zero-order valence-electron chi connectivity index (χ0n) is 15.9. The largest absolute Gasteiger partial charge is 0.398 e. The molecular weight excluding hydrogens is 414 g/mol. The Kier molecular flexibility index (Phi) is 4.20. The van der Waals surface area contributed by atoms with Crippen molar-refractivity contribution in [2.24, 2.45) is 7.05 Å². The number of aromatic nitrogens is 1. The standard InChI is InChI=1S/C23H17N3O2S2/c1-26-17-7-6-15(25-16-9-14(24)18(29)10-19(16)30)22-21(17)13(8-20(26)27)11-4-2-3-5-12(11)23(22)28/h2-10,25,29-30H,24H2,1H3. The summed E-state index contributed by atoms with van der Waals surface area (Å²) in [6.07, 6.45) is 0. The second-order valence-corrected chi connectivity index (χ2v) is 8.23. The van der Waals surface area contributed by atoms with Crippen LogP contribution in [0.4, 0.5) is 17.1 Å². The number of fused-ring (bicyclic) bond motifs is 2. The van der Waals surface area contributed by atoms with Crippen LogP contribution in [-0.4, -0.2) is 10.4 Å². The summed E-state index contributed by atoms with van der Waals surface area (Å²) in [6, 6.07) is 16.1. The normalized spacial score (nSPS) is 12.2. The zero-order chi connectivity index (χ0) is 21.2. The molecule has 3 aromatic carbocycles. The number of anilines is 3. The molecule has 148 valence electrons. The second kappa shape index (κ2) is 6.68. The smallest absolute Gasteiger partial charge is 0.251 e. The highest BCUT2D eigenvalue weighted by molar-refractivity contribution is 7.81. The lowest BCUT2D eigenvalue weighted by Gasteiger charge is -2.24. The molecule has 0 amide bonds. The van der Waals surface area contributed by atoms with Crippen LogP contribution in [-0.2, 0) is 7.05 Å². The van der Waals surface area contributed by atoms with Crippen molar-refractivity contribution in [3.8, 4) is 11.1 Å². The third-order valence-corrected chi connectivity index (χ3v) is 6.27. The molecule has 7 heteroatoms. The molecule has 0 spiro atoms. The summed E-state index contributed by atoms with van der Waals surface area (Å²) in [7, 11) is 1.71. The third kappa shape index (κ3) is 2.66. The number of nitrogens with one attached hydrogen (secondary N) is 1. The number of thiol groups is 2. The molecule has 30 heavy (non-hydrogen) atoms. The maximum Gasteiger partial charge on any atom is 0.251 e. The van der Waals surface area contributed by atoms with Gasteiger partial charge >= 0.3 is 0 Å². The Labute approximate surface area is 183 Å². The molecule has 1 aromatic heterocycles. The number of ketones is 1. The quantitative estimate of drug-likeness (QED) is 0.242. The van der Waals surface area contributed by atoms with Crippen LogP contribution in [0.2, 0.25) is 0 Å². The van der Waals surface area contributed by atoms with Gasteiger partial charge in [-0.3, -0.25) is 9.59 Å². The van der Waals surface area contributed by atoms with E-state index in [1.54, 1.807) is 35.9 Å². The molecule has 0 unspecified atom stereocenters. The molecule has 5 nitrogen and oxygen atoms in total. The van der Waals surface area contributed by atoms with Crippen molar-refractivity contribution in [2.75, 3.05) is 11.1 Å². The summed E-state index contributed by atoms with van der Waals surface area (Å²) >= 11 is 8.85. The maximum absolute atomic E-state index is 13.5. The summed E-state index contributed by atoms with van der Waals surface area (Å²) < 4.78 is 1.56. The Hall–Kier alpha value is -3.16. The van der Waals surface area contributed by atoms with Gasteiger partial charge in [0.2, 0.25) is 0 Å². The molecule has 0 saturated heterocycles. The van der Waals surface area contributed by atoms with E-state index in [2.05, 4.69) is 30.6 Å². The molecule has 0 aliphatic heterocycles. The number of carbonyl (C=O) groups is 1. The van der Waals surface area contributed by atoms with Crippen LogP contribution in [0.1, 0.15) is 15.9 Å². The minimum Gasteiger partial charge on any atom is -0.398 e. The van der Waals surface area contributed by atoms with E-state index >= 15 is 0 Å². The number of aryl methyl sites for hydroxylation is 1. The summed E-state index contributed by atoms with van der Waals surface area (Å²) in [5, 5.41) is 4.06. The molecule has 1 aliphatic rings. The van der Waals surface area contributed by atoms with Crippen LogP contribution < -0.4 is 16.6 Å². The number of nitrogen functional groups attached to an aromatic ring is 1. The van der Waals surface area contributed by atoms with Crippen LogP contribution in [0.25, 0.3) is 22.0 Å². The van der Waals surface area contributed by atoms with E-state index in [1.165, 1.54) is 0 Å². The molecule has 1 aliphatic carbocycles. The SMILES string of the molecule is Cn1c(=O)cc2c3c(c(Nc4cc(N)c(S)cc4S)ccc31)C(=O)c1ccccc1-2. The highest BCUT2D eigenvalue weighted by atomic mass is 32.1. The van der Waals surface area contributed by atoms with Gasteiger partial charge in [-0.1, -0.05) is 24.3 Å². The highest BCUT2D eigenvalue weighted by Crippen LogP contribution is 2.42. The van der Waals surface area contributed by atoms with Crippen LogP contribution in [0.15, 0.2) is 69.2 Å². The Bertz CT molecular complexity index is 1460. The van der Waals surface area contributed by atoms with Crippen molar-refractivity contribution in [2.45, 2.75) is 9.79 Å². The zero-order valence-corrected chi connectivity index (χ0v) is 17.7. The number of carbonyl (C=O) groups excluding carboxylic acids is 1.